The molecule has 1 amide bonds. The number of rotatable bonds is 7. The minimum Gasteiger partial charge on any atom is -0.326 e. The lowest BCUT2D eigenvalue weighted by Gasteiger charge is -2.12. The molecule has 0 unspecified atom stereocenters. The van der Waals surface area contributed by atoms with E-state index in [9.17, 15) is 27.2 Å². The molecule has 35 heavy (non-hydrogen) atoms. The van der Waals surface area contributed by atoms with Crippen molar-refractivity contribution in [3.8, 4) is 0 Å². The first-order valence-electron chi connectivity index (χ1n) is 10.5. The standard InChI is InChI=1S/C24H21FN4O5S/c1-15-14-16(25)6-11-21(15)35(33,34)28-18-9-7-17(8-10-18)26-22(30)12-13-29-20-5-3-2-4-19(20)23(31)27-24(29)32/h2-11,14,28H,12-13H2,1H3,(H,26,30)(H,27,31,32). The molecule has 0 aliphatic heterocycles. The fourth-order valence-electron chi connectivity index (χ4n) is 3.65. The first-order valence-corrected chi connectivity index (χ1v) is 12.0. The average molecular weight is 497 g/mol. The van der Waals surface area contributed by atoms with Gasteiger partial charge in [0.1, 0.15) is 5.82 Å². The van der Waals surface area contributed by atoms with Gasteiger partial charge >= 0.3 is 5.69 Å². The Morgan fingerprint density at radius 2 is 1.69 bits per heavy atom. The number of hydrogen-bond acceptors (Lipinski definition) is 5. The number of halogens is 1. The van der Waals surface area contributed by atoms with Gasteiger partial charge in [0.2, 0.25) is 5.91 Å². The molecule has 180 valence electrons. The summed E-state index contributed by atoms with van der Waals surface area (Å²) < 4.78 is 42.2. The number of carbonyl (C=O) groups is 1. The normalized spacial score (nSPS) is 11.4. The number of aromatic amines is 1. The molecule has 0 aliphatic rings. The van der Waals surface area contributed by atoms with E-state index in [1.54, 1.807) is 24.3 Å². The second kappa shape index (κ2) is 9.55. The third-order valence-corrected chi connectivity index (χ3v) is 6.86. The lowest BCUT2D eigenvalue weighted by Crippen LogP contribution is -2.31. The maximum Gasteiger partial charge on any atom is 0.328 e. The quantitative estimate of drug-likeness (QED) is 0.362. The van der Waals surface area contributed by atoms with Gasteiger partial charge in [-0.15, -0.1) is 0 Å². The van der Waals surface area contributed by atoms with Crippen molar-refractivity contribution in [2.24, 2.45) is 0 Å². The van der Waals surface area contributed by atoms with Crippen LogP contribution in [0, 0.1) is 12.7 Å². The fraction of sp³-hybridized carbons (Fsp3) is 0.125. The van der Waals surface area contributed by atoms with Crippen LogP contribution in [0.2, 0.25) is 0 Å². The molecule has 0 spiro atoms. The van der Waals surface area contributed by atoms with E-state index in [1.807, 2.05) is 0 Å². The molecular formula is C24H21FN4O5S. The van der Waals surface area contributed by atoms with Crippen LogP contribution in [0.25, 0.3) is 10.9 Å². The molecule has 0 saturated heterocycles. The molecule has 4 aromatic rings. The molecule has 0 saturated carbocycles. The summed E-state index contributed by atoms with van der Waals surface area (Å²) in [5.74, 6) is -0.900. The number of para-hydroxylation sites is 1. The molecule has 0 radical (unpaired) electrons. The maximum absolute atomic E-state index is 13.3. The number of benzene rings is 3. The van der Waals surface area contributed by atoms with Gasteiger partial charge in [-0.25, -0.2) is 17.6 Å². The number of sulfonamides is 1. The number of carbonyl (C=O) groups excluding carboxylic acids is 1. The molecular weight excluding hydrogens is 475 g/mol. The number of amides is 1. The van der Waals surface area contributed by atoms with Crippen molar-refractivity contribution in [2.75, 3.05) is 10.0 Å². The first kappa shape index (κ1) is 23.9. The van der Waals surface area contributed by atoms with Crippen LogP contribution in [0.4, 0.5) is 15.8 Å². The fourth-order valence-corrected chi connectivity index (χ4v) is 4.93. The summed E-state index contributed by atoms with van der Waals surface area (Å²) in [7, 11) is -3.92. The summed E-state index contributed by atoms with van der Waals surface area (Å²) in [5.41, 5.74) is 0.302. The van der Waals surface area contributed by atoms with Gasteiger partial charge in [-0.1, -0.05) is 12.1 Å². The number of hydrogen-bond donors (Lipinski definition) is 3. The van der Waals surface area contributed by atoms with E-state index in [0.29, 0.717) is 16.6 Å². The van der Waals surface area contributed by atoms with Crippen molar-refractivity contribution in [3.63, 3.8) is 0 Å². The maximum atomic E-state index is 13.3. The van der Waals surface area contributed by atoms with E-state index in [-0.39, 0.29) is 35.0 Å². The zero-order chi connectivity index (χ0) is 25.2. The predicted molar refractivity (Wildman–Crippen MR) is 130 cm³/mol. The Bertz CT molecular complexity index is 1640. The number of fused-ring (bicyclic) bond motifs is 1. The van der Waals surface area contributed by atoms with Crippen molar-refractivity contribution in [2.45, 2.75) is 24.8 Å². The van der Waals surface area contributed by atoms with E-state index in [1.165, 1.54) is 41.8 Å². The summed E-state index contributed by atoms with van der Waals surface area (Å²) in [6.45, 7) is 1.55. The molecule has 3 N–H and O–H groups in total. The van der Waals surface area contributed by atoms with Gasteiger partial charge in [0.15, 0.2) is 0 Å². The largest absolute Gasteiger partial charge is 0.328 e. The Kier molecular flexibility index (Phi) is 6.52. The molecule has 0 bridgehead atoms. The predicted octanol–water partition coefficient (Wildman–Crippen LogP) is 2.97. The smallest absolute Gasteiger partial charge is 0.326 e. The van der Waals surface area contributed by atoms with E-state index in [2.05, 4.69) is 15.0 Å². The molecule has 0 atom stereocenters. The Morgan fingerprint density at radius 1 is 1.00 bits per heavy atom. The Balaban J connectivity index is 1.41. The number of anilines is 2. The average Bonchev–Trinajstić information content (AvgIpc) is 2.80. The molecule has 0 fully saturated rings. The number of nitrogens with one attached hydrogen (secondary N) is 3. The van der Waals surface area contributed by atoms with Gasteiger partial charge in [-0.3, -0.25) is 23.9 Å². The van der Waals surface area contributed by atoms with E-state index in [0.717, 1.165) is 12.1 Å². The minimum absolute atomic E-state index is 0.0336. The van der Waals surface area contributed by atoms with E-state index in [4.69, 9.17) is 0 Å². The zero-order valence-electron chi connectivity index (χ0n) is 18.5. The van der Waals surface area contributed by atoms with Crippen molar-refractivity contribution in [1.82, 2.24) is 9.55 Å². The van der Waals surface area contributed by atoms with E-state index >= 15 is 0 Å². The van der Waals surface area contributed by atoms with Crippen LogP contribution in [0.5, 0.6) is 0 Å². The third kappa shape index (κ3) is 5.30. The zero-order valence-corrected chi connectivity index (χ0v) is 19.4. The van der Waals surface area contributed by atoms with Crippen LogP contribution >= 0.6 is 0 Å². The molecule has 9 nitrogen and oxygen atoms in total. The summed E-state index contributed by atoms with van der Waals surface area (Å²) in [4.78, 5) is 38.8. The van der Waals surface area contributed by atoms with Gasteiger partial charge in [-0.2, -0.15) is 0 Å². The second-order valence-corrected chi connectivity index (χ2v) is 9.47. The van der Waals surface area contributed by atoms with Crippen LogP contribution in [0.3, 0.4) is 0 Å². The molecule has 3 aromatic carbocycles. The van der Waals surface area contributed by atoms with Gasteiger partial charge in [0.05, 0.1) is 15.8 Å². The van der Waals surface area contributed by atoms with Gasteiger partial charge in [0, 0.05) is 24.3 Å². The second-order valence-electron chi connectivity index (χ2n) is 7.82. The highest BCUT2D eigenvalue weighted by molar-refractivity contribution is 7.92. The number of H-pyrrole nitrogens is 1. The minimum atomic E-state index is -3.92. The lowest BCUT2D eigenvalue weighted by molar-refractivity contribution is -0.116. The number of aromatic nitrogens is 2. The molecule has 11 heteroatoms. The van der Waals surface area contributed by atoms with Crippen LogP contribution in [-0.4, -0.2) is 23.9 Å². The van der Waals surface area contributed by atoms with Gasteiger partial charge in [-0.05, 0) is 67.1 Å². The summed E-state index contributed by atoms with van der Waals surface area (Å²) in [6.07, 6.45) is -0.0336. The van der Waals surface area contributed by atoms with Crippen molar-refractivity contribution in [3.05, 3.63) is 98.9 Å². The Labute approximate surface area is 199 Å². The summed E-state index contributed by atoms with van der Waals surface area (Å²) in [5, 5.41) is 3.03. The highest BCUT2D eigenvalue weighted by atomic mass is 32.2. The van der Waals surface area contributed by atoms with Gasteiger partial charge in [0.25, 0.3) is 15.6 Å². The number of aryl methyl sites for hydroxylation is 2. The molecule has 1 heterocycles. The lowest BCUT2D eigenvalue weighted by atomic mass is 10.2. The molecule has 0 aliphatic carbocycles. The molecule has 1 aromatic heterocycles. The van der Waals surface area contributed by atoms with Crippen LogP contribution in [0.1, 0.15) is 12.0 Å². The number of nitrogens with zero attached hydrogens (tertiary/aromatic N) is 1. The third-order valence-electron chi connectivity index (χ3n) is 5.31. The highest BCUT2D eigenvalue weighted by Gasteiger charge is 2.17. The topological polar surface area (TPSA) is 130 Å². The Morgan fingerprint density at radius 3 is 2.40 bits per heavy atom. The van der Waals surface area contributed by atoms with Crippen LogP contribution in [-0.2, 0) is 21.4 Å². The Hall–Kier alpha value is -4.25. The van der Waals surface area contributed by atoms with Crippen LogP contribution < -0.4 is 21.3 Å². The van der Waals surface area contributed by atoms with Crippen LogP contribution in [0.15, 0.2) is 81.2 Å². The monoisotopic (exact) mass is 496 g/mol. The SMILES string of the molecule is Cc1cc(F)ccc1S(=O)(=O)Nc1ccc(NC(=O)CCn2c(=O)[nH]c(=O)c3ccccc32)cc1. The van der Waals surface area contributed by atoms with Crippen molar-refractivity contribution in [1.29, 1.82) is 0 Å². The first-order chi connectivity index (χ1) is 16.6. The van der Waals surface area contributed by atoms with Gasteiger partial charge < -0.3 is 5.32 Å². The van der Waals surface area contributed by atoms with Crippen molar-refractivity contribution >= 4 is 38.2 Å². The molecule has 4 rings (SSSR count). The van der Waals surface area contributed by atoms with Crippen molar-refractivity contribution < 1.29 is 17.6 Å². The highest BCUT2D eigenvalue weighted by Crippen LogP contribution is 2.21. The summed E-state index contributed by atoms with van der Waals surface area (Å²) >= 11 is 0. The summed E-state index contributed by atoms with van der Waals surface area (Å²) in [6, 6.07) is 16.0. The van der Waals surface area contributed by atoms with E-state index < -0.39 is 27.1 Å².